The topological polar surface area (TPSA) is 12.0 Å². The van der Waals surface area contributed by atoms with Gasteiger partial charge in [-0.05, 0) is 50.4 Å². The molecule has 2 heteroatoms. The summed E-state index contributed by atoms with van der Waals surface area (Å²) in [6.07, 6.45) is 5.40. The van der Waals surface area contributed by atoms with Crippen LogP contribution in [-0.2, 0) is 0 Å². The third-order valence-corrected chi connectivity index (χ3v) is 3.70. The van der Waals surface area contributed by atoms with Crippen molar-refractivity contribution in [1.29, 1.82) is 0 Å². The first-order chi connectivity index (χ1) is 7.69. The number of hydrogen-bond acceptors (Lipinski definition) is 1. The number of nitrogens with one attached hydrogen (secondary N) is 1. The quantitative estimate of drug-likeness (QED) is 0.603. The van der Waals surface area contributed by atoms with Crippen molar-refractivity contribution in [2.24, 2.45) is 0 Å². The standard InChI is InChI=1S/C14H20BrN/c1-4-5-6-7-14(16-3)12-9-8-11(2)13(15)10-12/h4,8-10,14,16H,1,5-7H2,2-3H3. The number of benzene rings is 1. The molecule has 0 saturated carbocycles. The summed E-state index contributed by atoms with van der Waals surface area (Å²) >= 11 is 3.58. The number of rotatable bonds is 6. The van der Waals surface area contributed by atoms with Crippen LogP contribution in [0.15, 0.2) is 35.3 Å². The molecular formula is C14H20BrN. The van der Waals surface area contributed by atoms with Crippen molar-refractivity contribution < 1.29 is 0 Å². The van der Waals surface area contributed by atoms with Crippen LogP contribution < -0.4 is 5.32 Å². The number of unbranched alkanes of at least 4 members (excludes halogenated alkanes) is 1. The van der Waals surface area contributed by atoms with Gasteiger partial charge in [0.05, 0.1) is 0 Å². The summed E-state index contributed by atoms with van der Waals surface area (Å²) in [5.41, 5.74) is 2.63. The van der Waals surface area contributed by atoms with Gasteiger partial charge in [0.2, 0.25) is 0 Å². The lowest BCUT2D eigenvalue weighted by Crippen LogP contribution is -2.16. The summed E-state index contributed by atoms with van der Waals surface area (Å²) in [5, 5.41) is 3.37. The van der Waals surface area contributed by atoms with E-state index < -0.39 is 0 Å². The average Bonchev–Trinajstić information content (AvgIpc) is 2.29. The van der Waals surface area contributed by atoms with Crippen LogP contribution in [0.25, 0.3) is 0 Å². The summed E-state index contributed by atoms with van der Waals surface area (Å²) in [5.74, 6) is 0. The molecule has 0 saturated heterocycles. The Bertz CT molecular complexity index is 347. The van der Waals surface area contributed by atoms with Crippen molar-refractivity contribution in [3.05, 3.63) is 46.5 Å². The Morgan fingerprint density at radius 2 is 2.25 bits per heavy atom. The Balaban J connectivity index is 2.70. The first-order valence-corrected chi connectivity index (χ1v) is 6.52. The highest BCUT2D eigenvalue weighted by Crippen LogP contribution is 2.24. The molecule has 0 radical (unpaired) electrons. The van der Waals surface area contributed by atoms with Gasteiger partial charge < -0.3 is 5.32 Å². The summed E-state index contributed by atoms with van der Waals surface area (Å²) in [7, 11) is 2.02. The molecule has 1 aromatic carbocycles. The molecule has 1 unspecified atom stereocenters. The predicted molar refractivity (Wildman–Crippen MR) is 74.7 cm³/mol. The Hall–Kier alpha value is -0.600. The van der Waals surface area contributed by atoms with E-state index in [4.69, 9.17) is 0 Å². The third-order valence-electron chi connectivity index (χ3n) is 2.85. The second-order valence-corrected chi connectivity index (χ2v) is 4.92. The van der Waals surface area contributed by atoms with E-state index in [0.717, 1.165) is 12.8 Å². The minimum absolute atomic E-state index is 0.442. The van der Waals surface area contributed by atoms with Crippen LogP contribution in [0.3, 0.4) is 0 Å². The third kappa shape index (κ3) is 3.76. The van der Waals surface area contributed by atoms with E-state index in [2.05, 4.69) is 52.9 Å². The Labute approximate surface area is 107 Å². The normalized spacial score (nSPS) is 12.4. The molecule has 1 atom stereocenters. The minimum Gasteiger partial charge on any atom is -0.313 e. The van der Waals surface area contributed by atoms with Gasteiger partial charge in [0.1, 0.15) is 0 Å². The van der Waals surface area contributed by atoms with Crippen molar-refractivity contribution in [1.82, 2.24) is 5.32 Å². The number of halogens is 1. The van der Waals surface area contributed by atoms with Gasteiger partial charge in [0, 0.05) is 10.5 Å². The molecule has 88 valence electrons. The second-order valence-electron chi connectivity index (χ2n) is 4.07. The number of hydrogen-bond donors (Lipinski definition) is 1. The van der Waals surface area contributed by atoms with Gasteiger partial charge in [0.25, 0.3) is 0 Å². The SMILES string of the molecule is C=CCCCC(NC)c1ccc(C)c(Br)c1. The molecule has 0 amide bonds. The van der Waals surface area contributed by atoms with Crippen LogP contribution in [0, 0.1) is 6.92 Å². The average molecular weight is 282 g/mol. The van der Waals surface area contributed by atoms with Gasteiger partial charge in [-0.1, -0.05) is 34.1 Å². The molecule has 0 fully saturated rings. The largest absolute Gasteiger partial charge is 0.313 e. The van der Waals surface area contributed by atoms with Crippen molar-refractivity contribution in [2.45, 2.75) is 32.2 Å². The molecule has 0 aliphatic rings. The van der Waals surface area contributed by atoms with E-state index >= 15 is 0 Å². The molecule has 1 rings (SSSR count). The summed E-state index contributed by atoms with van der Waals surface area (Å²) in [6.45, 7) is 5.86. The molecule has 16 heavy (non-hydrogen) atoms. The molecule has 1 aromatic rings. The fourth-order valence-corrected chi connectivity index (χ4v) is 2.17. The van der Waals surface area contributed by atoms with Gasteiger partial charge in [-0.3, -0.25) is 0 Å². The van der Waals surface area contributed by atoms with Gasteiger partial charge in [0.15, 0.2) is 0 Å². The van der Waals surface area contributed by atoms with E-state index in [-0.39, 0.29) is 0 Å². The molecule has 0 aromatic heterocycles. The summed E-state index contributed by atoms with van der Waals surface area (Å²) in [4.78, 5) is 0. The van der Waals surface area contributed by atoms with Crippen molar-refractivity contribution in [3.63, 3.8) is 0 Å². The fraction of sp³-hybridized carbons (Fsp3) is 0.429. The van der Waals surface area contributed by atoms with E-state index in [0.29, 0.717) is 6.04 Å². The Morgan fingerprint density at radius 1 is 1.50 bits per heavy atom. The molecule has 0 spiro atoms. The smallest absolute Gasteiger partial charge is 0.0318 e. The molecule has 0 bridgehead atoms. The summed E-state index contributed by atoms with van der Waals surface area (Å²) in [6, 6.07) is 7.02. The maximum atomic E-state index is 3.75. The highest BCUT2D eigenvalue weighted by Gasteiger charge is 2.09. The van der Waals surface area contributed by atoms with Crippen LogP contribution in [0.4, 0.5) is 0 Å². The first kappa shape index (κ1) is 13.5. The van der Waals surface area contributed by atoms with Gasteiger partial charge in [-0.2, -0.15) is 0 Å². The van der Waals surface area contributed by atoms with E-state index in [1.165, 1.54) is 22.0 Å². The van der Waals surface area contributed by atoms with Gasteiger partial charge in [-0.15, -0.1) is 6.58 Å². The van der Waals surface area contributed by atoms with Gasteiger partial charge in [-0.25, -0.2) is 0 Å². The lowest BCUT2D eigenvalue weighted by Gasteiger charge is -2.17. The maximum Gasteiger partial charge on any atom is 0.0318 e. The predicted octanol–water partition coefficient (Wildman–Crippen LogP) is 4.37. The highest BCUT2D eigenvalue weighted by molar-refractivity contribution is 9.10. The molecule has 1 nitrogen and oxygen atoms in total. The fourth-order valence-electron chi connectivity index (χ4n) is 1.77. The molecule has 0 aliphatic heterocycles. The lowest BCUT2D eigenvalue weighted by molar-refractivity contribution is 0.530. The molecule has 1 N–H and O–H groups in total. The lowest BCUT2D eigenvalue weighted by atomic mass is 10.00. The Kier molecular flexibility index (Phi) is 5.78. The van der Waals surface area contributed by atoms with Crippen LogP contribution in [0.2, 0.25) is 0 Å². The van der Waals surface area contributed by atoms with Crippen LogP contribution in [0.1, 0.15) is 36.4 Å². The zero-order valence-corrected chi connectivity index (χ0v) is 11.7. The van der Waals surface area contributed by atoms with Crippen molar-refractivity contribution >= 4 is 15.9 Å². The van der Waals surface area contributed by atoms with Crippen molar-refractivity contribution in [3.8, 4) is 0 Å². The zero-order valence-electron chi connectivity index (χ0n) is 10.1. The van der Waals surface area contributed by atoms with E-state index in [9.17, 15) is 0 Å². The Morgan fingerprint density at radius 3 is 2.81 bits per heavy atom. The molecular weight excluding hydrogens is 262 g/mol. The van der Waals surface area contributed by atoms with Crippen LogP contribution in [0.5, 0.6) is 0 Å². The highest BCUT2D eigenvalue weighted by atomic mass is 79.9. The molecule has 0 aliphatic carbocycles. The van der Waals surface area contributed by atoms with Crippen LogP contribution in [-0.4, -0.2) is 7.05 Å². The second kappa shape index (κ2) is 6.87. The monoisotopic (exact) mass is 281 g/mol. The minimum atomic E-state index is 0.442. The number of aryl methyl sites for hydroxylation is 1. The maximum absolute atomic E-state index is 3.75. The summed E-state index contributed by atoms with van der Waals surface area (Å²) < 4.78 is 1.19. The zero-order chi connectivity index (χ0) is 12.0. The molecule has 0 heterocycles. The number of allylic oxidation sites excluding steroid dienone is 1. The van der Waals surface area contributed by atoms with E-state index in [1.54, 1.807) is 0 Å². The van der Waals surface area contributed by atoms with E-state index in [1.807, 2.05) is 13.1 Å². The van der Waals surface area contributed by atoms with Crippen molar-refractivity contribution in [2.75, 3.05) is 7.05 Å². The first-order valence-electron chi connectivity index (χ1n) is 5.73. The van der Waals surface area contributed by atoms with Crippen LogP contribution >= 0.6 is 15.9 Å². The van der Waals surface area contributed by atoms with Gasteiger partial charge >= 0.3 is 0 Å².